The van der Waals surface area contributed by atoms with Gasteiger partial charge in [0.1, 0.15) is 12.4 Å². The normalized spacial score (nSPS) is 10.8. The quantitative estimate of drug-likeness (QED) is 0.407. The summed E-state index contributed by atoms with van der Waals surface area (Å²) < 4.78 is 6.16. The van der Waals surface area contributed by atoms with E-state index in [1.165, 1.54) is 16.2 Å². The Bertz CT molecular complexity index is 1010. The highest BCUT2D eigenvalue weighted by molar-refractivity contribution is 6.10. The van der Waals surface area contributed by atoms with Crippen molar-refractivity contribution < 1.29 is 4.74 Å². The zero-order valence-corrected chi connectivity index (χ0v) is 13.4. The molecule has 4 aromatic rings. The first-order chi connectivity index (χ1) is 11.8. The predicted molar refractivity (Wildman–Crippen MR) is 102 cm³/mol. The van der Waals surface area contributed by atoms with Gasteiger partial charge in [-0.25, -0.2) is 0 Å². The van der Waals surface area contributed by atoms with Gasteiger partial charge in [0, 0.05) is 5.39 Å². The van der Waals surface area contributed by atoms with Crippen LogP contribution in [0.1, 0.15) is 11.1 Å². The summed E-state index contributed by atoms with van der Waals surface area (Å²) in [5, 5.41) is 4.84. The second kappa shape index (κ2) is 6.21. The van der Waals surface area contributed by atoms with Crippen LogP contribution in [0.5, 0.6) is 5.75 Å². The Morgan fingerprint density at radius 3 is 2.17 bits per heavy atom. The van der Waals surface area contributed by atoms with E-state index in [1.807, 2.05) is 6.08 Å². The lowest BCUT2D eigenvalue weighted by Gasteiger charge is -2.12. The standard InChI is InChI=1S/C23H18O/c1-2-17-11-13-18(14-12-17)16-24-23-15-19-7-3-4-8-20(19)21-9-5-6-10-22(21)23/h2-15H,1,16H2. The van der Waals surface area contributed by atoms with Crippen molar-refractivity contribution >= 4 is 27.6 Å². The van der Waals surface area contributed by atoms with Crippen LogP contribution in [0.4, 0.5) is 0 Å². The fourth-order valence-electron chi connectivity index (χ4n) is 3.05. The van der Waals surface area contributed by atoms with Gasteiger partial charge in [-0.3, -0.25) is 0 Å². The largest absolute Gasteiger partial charge is 0.488 e. The fraction of sp³-hybridized carbons (Fsp3) is 0.0435. The van der Waals surface area contributed by atoms with E-state index in [0.29, 0.717) is 6.61 Å². The van der Waals surface area contributed by atoms with E-state index in [4.69, 9.17) is 4.74 Å². The summed E-state index contributed by atoms with van der Waals surface area (Å²) in [5.74, 6) is 0.928. The number of ether oxygens (including phenoxy) is 1. The number of fused-ring (bicyclic) bond motifs is 3. The summed E-state index contributed by atoms with van der Waals surface area (Å²) in [7, 11) is 0. The Morgan fingerprint density at radius 2 is 1.42 bits per heavy atom. The molecule has 0 amide bonds. The van der Waals surface area contributed by atoms with Gasteiger partial charge in [-0.15, -0.1) is 0 Å². The van der Waals surface area contributed by atoms with Crippen molar-refractivity contribution in [3.63, 3.8) is 0 Å². The molecule has 0 saturated heterocycles. The van der Waals surface area contributed by atoms with Crippen molar-refractivity contribution in [3.05, 3.63) is 96.6 Å². The molecule has 116 valence electrons. The first kappa shape index (κ1) is 14.5. The van der Waals surface area contributed by atoms with E-state index in [1.54, 1.807) is 0 Å². The molecule has 0 fully saturated rings. The van der Waals surface area contributed by atoms with Crippen LogP contribution in [0.15, 0.2) is 85.4 Å². The highest BCUT2D eigenvalue weighted by atomic mass is 16.5. The van der Waals surface area contributed by atoms with Crippen LogP contribution in [-0.4, -0.2) is 0 Å². The Balaban J connectivity index is 1.73. The van der Waals surface area contributed by atoms with Gasteiger partial charge >= 0.3 is 0 Å². The van der Waals surface area contributed by atoms with Crippen LogP contribution in [0.25, 0.3) is 27.6 Å². The molecule has 1 nitrogen and oxygen atoms in total. The number of benzene rings is 4. The third kappa shape index (κ3) is 2.65. The average Bonchev–Trinajstić information content (AvgIpc) is 2.66. The molecule has 0 atom stereocenters. The summed E-state index contributed by atoms with van der Waals surface area (Å²) in [5.41, 5.74) is 2.27. The molecule has 0 radical (unpaired) electrons. The van der Waals surface area contributed by atoms with Gasteiger partial charge in [-0.05, 0) is 33.4 Å². The predicted octanol–water partition coefficient (Wildman–Crippen LogP) is 6.22. The van der Waals surface area contributed by atoms with Crippen molar-refractivity contribution in [3.8, 4) is 5.75 Å². The van der Waals surface area contributed by atoms with Crippen LogP contribution >= 0.6 is 0 Å². The molecular weight excluding hydrogens is 292 g/mol. The molecule has 0 aliphatic rings. The Kier molecular flexibility index (Phi) is 3.76. The second-order valence-electron chi connectivity index (χ2n) is 5.88. The van der Waals surface area contributed by atoms with Gasteiger partial charge in [0.05, 0.1) is 0 Å². The van der Waals surface area contributed by atoms with E-state index in [0.717, 1.165) is 22.3 Å². The Labute approximate surface area is 141 Å². The minimum atomic E-state index is 0.555. The summed E-state index contributed by atoms with van der Waals surface area (Å²) in [6.07, 6.45) is 1.85. The topological polar surface area (TPSA) is 9.23 Å². The average molecular weight is 310 g/mol. The van der Waals surface area contributed by atoms with Crippen molar-refractivity contribution in [2.75, 3.05) is 0 Å². The highest BCUT2D eigenvalue weighted by Crippen LogP contribution is 2.33. The summed E-state index contributed by atoms with van der Waals surface area (Å²) in [6.45, 7) is 4.34. The van der Waals surface area contributed by atoms with E-state index < -0.39 is 0 Å². The van der Waals surface area contributed by atoms with E-state index in [-0.39, 0.29) is 0 Å². The third-order valence-electron chi connectivity index (χ3n) is 4.34. The number of hydrogen-bond donors (Lipinski definition) is 0. The van der Waals surface area contributed by atoms with Gasteiger partial charge in [0.15, 0.2) is 0 Å². The van der Waals surface area contributed by atoms with E-state index in [9.17, 15) is 0 Å². The maximum atomic E-state index is 6.16. The number of hydrogen-bond acceptors (Lipinski definition) is 1. The van der Waals surface area contributed by atoms with Crippen molar-refractivity contribution in [2.45, 2.75) is 6.61 Å². The van der Waals surface area contributed by atoms with Crippen LogP contribution in [-0.2, 0) is 6.61 Å². The van der Waals surface area contributed by atoms with Gasteiger partial charge < -0.3 is 4.74 Å². The molecule has 0 heterocycles. The lowest BCUT2D eigenvalue weighted by Crippen LogP contribution is -1.96. The fourth-order valence-corrected chi connectivity index (χ4v) is 3.05. The van der Waals surface area contributed by atoms with Crippen LogP contribution in [0.3, 0.4) is 0 Å². The molecule has 0 aliphatic heterocycles. The first-order valence-electron chi connectivity index (χ1n) is 8.10. The van der Waals surface area contributed by atoms with Crippen LogP contribution in [0.2, 0.25) is 0 Å². The highest BCUT2D eigenvalue weighted by Gasteiger charge is 2.07. The van der Waals surface area contributed by atoms with Gasteiger partial charge in [-0.1, -0.05) is 85.5 Å². The molecule has 24 heavy (non-hydrogen) atoms. The summed E-state index contributed by atoms with van der Waals surface area (Å²) in [6, 6.07) is 27.3. The lowest BCUT2D eigenvalue weighted by molar-refractivity contribution is 0.310. The smallest absolute Gasteiger partial charge is 0.128 e. The van der Waals surface area contributed by atoms with Gasteiger partial charge in [0.2, 0.25) is 0 Å². The van der Waals surface area contributed by atoms with Crippen molar-refractivity contribution in [2.24, 2.45) is 0 Å². The van der Waals surface area contributed by atoms with E-state index in [2.05, 4.69) is 85.4 Å². The molecule has 0 spiro atoms. The number of rotatable bonds is 4. The summed E-state index contributed by atoms with van der Waals surface area (Å²) >= 11 is 0. The molecule has 0 bridgehead atoms. The maximum Gasteiger partial charge on any atom is 0.128 e. The summed E-state index contributed by atoms with van der Waals surface area (Å²) in [4.78, 5) is 0. The maximum absolute atomic E-state index is 6.16. The third-order valence-corrected chi connectivity index (χ3v) is 4.34. The van der Waals surface area contributed by atoms with Crippen LogP contribution < -0.4 is 4.74 Å². The van der Waals surface area contributed by atoms with Crippen LogP contribution in [0, 0.1) is 0 Å². The minimum absolute atomic E-state index is 0.555. The minimum Gasteiger partial charge on any atom is -0.488 e. The Hall–Kier alpha value is -3.06. The zero-order valence-electron chi connectivity index (χ0n) is 13.4. The molecule has 0 aliphatic carbocycles. The molecule has 0 saturated carbocycles. The molecule has 4 aromatic carbocycles. The monoisotopic (exact) mass is 310 g/mol. The van der Waals surface area contributed by atoms with E-state index >= 15 is 0 Å². The lowest BCUT2D eigenvalue weighted by atomic mass is 10.0. The molecule has 1 heteroatoms. The molecule has 0 aromatic heterocycles. The second-order valence-corrected chi connectivity index (χ2v) is 5.88. The Morgan fingerprint density at radius 1 is 0.750 bits per heavy atom. The van der Waals surface area contributed by atoms with Crippen molar-refractivity contribution in [1.82, 2.24) is 0 Å². The van der Waals surface area contributed by atoms with Gasteiger partial charge in [-0.2, -0.15) is 0 Å². The molecular formula is C23H18O. The zero-order chi connectivity index (χ0) is 16.4. The molecule has 4 rings (SSSR count). The SMILES string of the molecule is C=Cc1ccc(COc2cc3ccccc3c3ccccc23)cc1. The molecule has 0 N–H and O–H groups in total. The first-order valence-corrected chi connectivity index (χ1v) is 8.10. The molecule has 0 unspecified atom stereocenters. The van der Waals surface area contributed by atoms with Gasteiger partial charge in [0.25, 0.3) is 0 Å². The van der Waals surface area contributed by atoms with Crippen molar-refractivity contribution in [1.29, 1.82) is 0 Å².